The van der Waals surface area contributed by atoms with E-state index in [1.165, 1.54) is 11.4 Å². The number of benzene rings is 3. The van der Waals surface area contributed by atoms with Crippen molar-refractivity contribution < 1.29 is 13.2 Å². The van der Waals surface area contributed by atoms with E-state index in [0.29, 0.717) is 17.0 Å². The van der Waals surface area contributed by atoms with Crippen LogP contribution in [0.3, 0.4) is 0 Å². The van der Waals surface area contributed by atoms with Crippen LogP contribution >= 0.6 is 15.9 Å². The molecule has 0 atom stereocenters. The van der Waals surface area contributed by atoms with Gasteiger partial charge in [0.05, 0.1) is 16.3 Å². The second-order valence-electron chi connectivity index (χ2n) is 6.48. The van der Waals surface area contributed by atoms with Gasteiger partial charge in [-0.05, 0) is 61.0 Å². The fourth-order valence-corrected chi connectivity index (χ4v) is 4.15. The third kappa shape index (κ3) is 4.95. The molecule has 1 N–H and O–H groups in total. The minimum Gasteiger partial charge on any atom is -0.269 e. The summed E-state index contributed by atoms with van der Waals surface area (Å²) < 4.78 is 27.6. The molecule has 3 aromatic rings. The van der Waals surface area contributed by atoms with Gasteiger partial charge in [-0.1, -0.05) is 46.3 Å². The highest BCUT2D eigenvalue weighted by Crippen LogP contribution is 2.22. The topological polar surface area (TPSA) is 78.8 Å². The molecule has 0 heterocycles. The molecular formula is C22H20BrN3O3S. The summed E-state index contributed by atoms with van der Waals surface area (Å²) in [6.45, 7) is 1.80. The summed E-state index contributed by atoms with van der Waals surface area (Å²) >= 11 is 3.38. The van der Waals surface area contributed by atoms with E-state index in [9.17, 15) is 13.2 Å². The number of anilines is 1. The number of halogens is 1. The summed E-state index contributed by atoms with van der Waals surface area (Å²) in [4.78, 5) is 12.6. The van der Waals surface area contributed by atoms with Gasteiger partial charge in [-0.3, -0.25) is 9.10 Å². The second-order valence-corrected chi connectivity index (χ2v) is 9.36. The van der Waals surface area contributed by atoms with E-state index in [1.54, 1.807) is 61.5 Å². The lowest BCUT2D eigenvalue weighted by Gasteiger charge is -2.19. The van der Waals surface area contributed by atoms with Crippen molar-refractivity contribution in [3.8, 4) is 0 Å². The first-order chi connectivity index (χ1) is 14.3. The maximum absolute atomic E-state index is 12.7. The van der Waals surface area contributed by atoms with Crippen molar-refractivity contribution in [1.82, 2.24) is 5.43 Å². The van der Waals surface area contributed by atoms with E-state index < -0.39 is 10.0 Å². The molecule has 0 fully saturated rings. The van der Waals surface area contributed by atoms with Crippen LogP contribution in [0.15, 0.2) is 93.3 Å². The molecule has 0 aliphatic carbocycles. The van der Waals surface area contributed by atoms with E-state index in [2.05, 4.69) is 26.5 Å². The zero-order valence-corrected chi connectivity index (χ0v) is 18.8. The van der Waals surface area contributed by atoms with Crippen LogP contribution in [0.4, 0.5) is 5.69 Å². The summed E-state index contributed by atoms with van der Waals surface area (Å²) in [6.07, 6.45) is 0. The van der Waals surface area contributed by atoms with E-state index in [4.69, 9.17) is 0 Å². The van der Waals surface area contributed by atoms with Crippen molar-refractivity contribution in [3.63, 3.8) is 0 Å². The number of amides is 1. The molecule has 0 radical (unpaired) electrons. The van der Waals surface area contributed by atoms with Gasteiger partial charge in [-0.25, -0.2) is 13.8 Å². The van der Waals surface area contributed by atoms with Gasteiger partial charge in [-0.2, -0.15) is 5.10 Å². The van der Waals surface area contributed by atoms with Crippen molar-refractivity contribution in [2.45, 2.75) is 11.8 Å². The van der Waals surface area contributed by atoms with Gasteiger partial charge in [0.1, 0.15) is 0 Å². The van der Waals surface area contributed by atoms with E-state index in [-0.39, 0.29) is 10.8 Å². The lowest BCUT2D eigenvalue weighted by atomic mass is 10.1. The number of carbonyl (C=O) groups excluding carboxylic acids is 1. The number of hydrogen-bond donors (Lipinski definition) is 1. The van der Waals surface area contributed by atoms with Crippen molar-refractivity contribution in [3.05, 3.63) is 94.5 Å². The zero-order valence-electron chi connectivity index (χ0n) is 16.4. The highest BCUT2D eigenvalue weighted by molar-refractivity contribution is 9.10. The normalized spacial score (nSPS) is 11.8. The first kappa shape index (κ1) is 21.7. The molecule has 3 aromatic carbocycles. The van der Waals surface area contributed by atoms with Crippen molar-refractivity contribution in [2.24, 2.45) is 5.10 Å². The van der Waals surface area contributed by atoms with Gasteiger partial charge < -0.3 is 0 Å². The van der Waals surface area contributed by atoms with Gasteiger partial charge in [0, 0.05) is 17.1 Å². The van der Waals surface area contributed by atoms with Crippen LogP contribution in [0.5, 0.6) is 0 Å². The fourth-order valence-electron chi connectivity index (χ4n) is 2.67. The largest absolute Gasteiger partial charge is 0.271 e. The molecule has 154 valence electrons. The van der Waals surface area contributed by atoms with E-state index >= 15 is 0 Å². The Morgan fingerprint density at radius 1 is 0.900 bits per heavy atom. The van der Waals surface area contributed by atoms with Crippen molar-refractivity contribution in [1.29, 1.82) is 0 Å². The lowest BCUT2D eigenvalue weighted by molar-refractivity contribution is 0.0955. The number of sulfonamides is 1. The molecule has 8 heteroatoms. The van der Waals surface area contributed by atoms with Gasteiger partial charge >= 0.3 is 0 Å². The van der Waals surface area contributed by atoms with Crippen LogP contribution in [-0.4, -0.2) is 27.1 Å². The lowest BCUT2D eigenvalue weighted by Crippen LogP contribution is -2.26. The third-order valence-corrected chi connectivity index (χ3v) is 6.81. The zero-order chi connectivity index (χ0) is 21.7. The molecule has 0 aromatic heterocycles. The Kier molecular flexibility index (Phi) is 6.69. The van der Waals surface area contributed by atoms with Crippen LogP contribution in [0.2, 0.25) is 0 Å². The number of nitrogens with zero attached hydrogens (tertiary/aromatic N) is 2. The van der Waals surface area contributed by atoms with E-state index in [1.807, 2.05) is 24.3 Å². The SMILES string of the molecule is CC(=NNC(=O)c1ccc(N(C)S(=O)(=O)c2ccccc2)cc1)c1ccc(Br)cc1. The van der Waals surface area contributed by atoms with E-state index in [0.717, 1.165) is 10.0 Å². The van der Waals surface area contributed by atoms with Crippen LogP contribution in [-0.2, 0) is 10.0 Å². The summed E-state index contributed by atoms with van der Waals surface area (Å²) in [5.41, 5.74) is 4.90. The molecule has 0 spiro atoms. The third-order valence-electron chi connectivity index (χ3n) is 4.48. The van der Waals surface area contributed by atoms with Crippen LogP contribution in [0.1, 0.15) is 22.8 Å². The van der Waals surface area contributed by atoms with Gasteiger partial charge in [0.15, 0.2) is 0 Å². The molecule has 0 bridgehead atoms. The Balaban J connectivity index is 1.71. The molecule has 0 saturated heterocycles. The number of nitrogens with one attached hydrogen (secondary N) is 1. The Bertz CT molecular complexity index is 1160. The highest BCUT2D eigenvalue weighted by atomic mass is 79.9. The minimum atomic E-state index is -3.67. The predicted octanol–water partition coefficient (Wildman–Crippen LogP) is 4.43. The summed E-state index contributed by atoms with van der Waals surface area (Å²) in [5, 5.41) is 4.13. The fraction of sp³-hybridized carbons (Fsp3) is 0.0909. The molecule has 30 heavy (non-hydrogen) atoms. The molecule has 6 nitrogen and oxygen atoms in total. The molecule has 0 aliphatic rings. The Labute approximate surface area is 184 Å². The standard InChI is InChI=1S/C22H20BrN3O3S/c1-16(17-8-12-19(23)13-9-17)24-25-22(27)18-10-14-20(15-11-18)26(2)30(28,29)21-6-4-3-5-7-21/h3-15H,1-2H3,(H,25,27). The quantitative estimate of drug-likeness (QED) is 0.414. The average molecular weight is 486 g/mol. The van der Waals surface area contributed by atoms with Gasteiger partial charge in [-0.15, -0.1) is 0 Å². The molecular weight excluding hydrogens is 466 g/mol. The highest BCUT2D eigenvalue weighted by Gasteiger charge is 2.21. The first-order valence-corrected chi connectivity index (χ1v) is 11.3. The minimum absolute atomic E-state index is 0.201. The number of hydrazone groups is 1. The van der Waals surface area contributed by atoms with Crippen LogP contribution in [0, 0.1) is 0 Å². The van der Waals surface area contributed by atoms with Gasteiger partial charge in [0.25, 0.3) is 15.9 Å². The Morgan fingerprint density at radius 3 is 2.07 bits per heavy atom. The maximum atomic E-state index is 12.7. The summed E-state index contributed by atoms with van der Waals surface area (Å²) in [5.74, 6) is -0.383. The smallest absolute Gasteiger partial charge is 0.269 e. The molecule has 3 rings (SSSR count). The monoisotopic (exact) mass is 485 g/mol. The van der Waals surface area contributed by atoms with Crippen molar-refractivity contribution in [2.75, 3.05) is 11.4 Å². The molecule has 0 unspecified atom stereocenters. The Hall–Kier alpha value is -2.97. The van der Waals surface area contributed by atoms with Crippen LogP contribution in [0.25, 0.3) is 0 Å². The Morgan fingerprint density at radius 2 is 1.47 bits per heavy atom. The van der Waals surface area contributed by atoms with Gasteiger partial charge in [0.2, 0.25) is 0 Å². The number of rotatable bonds is 6. The summed E-state index contributed by atoms with van der Waals surface area (Å²) in [6, 6.07) is 22.1. The van der Waals surface area contributed by atoms with Crippen LogP contribution < -0.4 is 9.73 Å². The first-order valence-electron chi connectivity index (χ1n) is 9.03. The average Bonchev–Trinajstić information content (AvgIpc) is 2.78. The number of hydrogen-bond acceptors (Lipinski definition) is 4. The maximum Gasteiger partial charge on any atom is 0.271 e. The molecule has 0 aliphatic heterocycles. The molecule has 1 amide bonds. The molecule has 0 saturated carbocycles. The number of carbonyl (C=O) groups is 1. The second kappa shape index (κ2) is 9.23. The summed E-state index contributed by atoms with van der Waals surface area (Å²) in [7, 11) is -2.20. The van der Waals surface area contributed by atoms with Crippen molar-refractivity contribution >= 4 is 43.3 Å². The predicted molar refractivity (Wildman–Crippen MR) is 122 cm³/mol.